The van der Waals surface area contributed by atoms with Gasteiger partial charge in [0.05, 0.1) is 18.2 Å². The number of amides is 3. The fraction of sp³-hybridized carbons (Fsp3) is 0.682. The third-order valence-corrected chi connectivity index (χ3v) is 6.62. The highest BCUT2D eigenvalue weighted by Crippen LogP contribution is 2.25. The SMILES string of the molecule is O=C(NCc1ccccn1)C1CCCN(C2CCN(C(=O)N3CCCC3)CC2)C1. The van der Waals surface area contributed by atoms with Crippen molar-refractivity contribution in [2.24, 2.45) is 5.92 Å². The summed E-state index contributed by atoms with van der Waals surface area (Å²) < 4.78 is 0. The Morgan fingerprint density at radius 2 is 1.72 bits per heavy atom. The van der Waals surface area contributed by atoms with Gasteiger partial charge >= 0.3 is 6.03 Å². The number of hydrogen-bond donors (Lipinski definition) is 1. The summed E-state index contributed by atoms with van der Waals surface area (Å²) in [5.74, 6) is 0.193. The molecule has 29 heavy (non-hydrogen) atoms. The fourth-order valence-electron chi connectivity index (χ4n) is 4.91. The summed E-state index contributed by atoms with van der Waals surface area (Å²) in [7, 11) is 0. The maximum absolute atomic E-state index is 12.7. The van der Waals surface area contributed by atoms with Gasteiger partial charge in [0.2, 0.25) is 5.91 Å². The zero-order chi connectivity index (χ0) is 20.1. The largest absolute Gasteiger partial charge is 0.350 e. The first-order valence-electron chi connectivity index (χ1n) is 11.2. The highest BCUT2D eigenvalue weighted by Gasteiger charge is 2.33. The van der Waals surface area contributed by atoms with E-state index in [4.69, 9.17) is 0 Å². The molecule has 0 aliphatic carbocycles. The Morgan fingerprint density at radius 1 is 0.966 bits per heavy atom. The van der Waals surface area contributed by atoms with E-state index in [9.17, 15) is 9.59 Å². The predicted molar refractivity (Wildman–Crippen MR) is 111 cm³/mol. The Kier molecular flexibility index (Phi) is 6.64. The summed E-state index contributed by atoms with van der Waals surface area (Å²) in [6.45, 7) is 5.90. The van der Waals surface area contributed by atoms with Crippen molar-refractivity contribution in [1.82, 2.24) is 25.0 Å². The number of piperidine rings is 2. The van der Waals surface area contributed by atoms with E-state index in [0.717, 1.165) is 83.5 Å². The first-order chi connectivity index (χ1) is 14.2. The minimum atomic E-state index is 0.0525. The van der Waals surface area contributed by atoms with Gasteiger partial charge in [-0.15, -0.1) is 0 Å². The Morgan fingerprint density at radius 3 is 2.45 bits per heavy atom. The molecule has 3 aliphatic rings. The van der Waals surface area contributed by atoms with Crippen molar-refractivity contribution in [3.63, 3.8) is 0 Å². The van der Waals surface area contributed by atoms with E-state index in [-0.39, 0.29) is 17.9 Å². The Bertz CT molecular complexity index is 684. The van der Waals surface area contributed by atoms with Crippen LogP contribution in [-0.4, -0.2) is 76.9 Å². The number of nitrogens with zero attached hydrogens (tertiary/aromatic N) is 4. The van der Waals surface area contributed by atoms with E-state index < -0.39 is 0 Å². The van der Waals surface area contributed by atoms with Gasteiger partial charge in [0.15, 0.2) is 0 Å². The maximum Gasteiger partial charge on any atom is 0.319 e. The van der Waals surface area contributed by atoms with Crippen LogP contribution in [0.25, 0.3) is 0 Å². The second kappa shape index (κ2) is 9.57. The minimum absolute atomic E-state index is 0.0525. The highest BCUT2D eigenvalue weighted by molar-refractivity contribution is 5.79. The van der Waals surface area contributed by atoms with Gasteiger partial charge < -0.3 is 15.1 Å². The number of carbonyl (C=O) groups excluding carboxylic acids is 2. The molecule has 3 fully saturated rings. The lowest BCUT2D eigenvalue weighted by atomic mass is 9.93. The third kappa shape index (κ3) is 5.07. The molecule has 0 aromatic carbocycles. The van der Waals surface area contributed by atoms with Gasteiger partial charge in [0, 0.05) is 45.0 Å². The second-order valence-corrected chi connectivity index (χ2v) is 8.57. The molecule has 158 valence electrons. The number of likely N-dealkylation sites (tertiary alicyclic amines) is 3. The Labute approximate surface area is 173 Å². The molecule has 1 N–H and O–H groups in total. The number of aromatic nitrogens is 1. The molecular weight excluding hydrogens is 366 g/mol. The average molecular weight is 400 g/mol. The summed E-state index contributed by atoms with van der Waals surface area (Å²) in [5.41, 5.74) is 0.892. The van der Waals surface area contributed by atoms with Crippen LogP contribution in [-0.2, 0) is 11.3 Å². The number of carbonyl (C=O) groups is 2. The topological polar surface area (TPSA) is 68.8 Å². The number of pyridine rings is 1. The minimum Gasteiger partial charge on any atom is -0.350 e. The van der Waals surface area contributed by atoms with E-state index >= 15 is 0 Å². The van der Waals surface area contributed by atoms with Gasteiger partial charge in [-0.1, -0.05) is 6.07 Å². The van der Waals surface area contributed by atoms with Crippen LogP contribution in [0.1, 0.15) is 44.2 Å². The first kappa shape index (κ1) is 20.1. The van der Waals surface area contributed by atoms with Gasteiger partial charge in [0.1, 0.15) is 0 Å². The summed E-state index contributed by atoms with van der Waals surface area (Å²) in [5, 5.41) is 3.06. The molecule has 1 aromatic heterocycles. The molecule has 3 amide bonds. The predicted octanol–water partition coefficient (Wildman–Crippen LogP) is 2.09. The van der Waals surface area contributed by atoms with Gasteiger partial charge in [-0.2, -0.15) is 0 Å². The van der Waals surface area contributed by atoms with Crippen LogP contribution in [0.4, 0.5) is 4.79 Å². The van der Waals surface area contributed by atoms with Gasteiger partial charge in [0.25, 0.3) is 0 Å². The smallest absolute Gasteiger partial charge is 0.319 e. The zero-order valence-corrected chi connectivity index (χ0v) is 17.3. The molecule has 7 heteroatoms. The molecule has 1 aromatic rings. The molecule has 0 saturated carbocycles. The second-order valence-electron chi connectivity index (χ2n) is 8.57. The molecule has 3 saturated heterocycles. The van der Waals surface area contributed by atoms with E-state index in [1.54, 1.807) is 6.20 Å². The number of urea groups is 1. The van der Waals surface area contributed by atoms with Crippen molar-refractivity contribution in [3.8, 4) is 0 Å². The van der Waals surface area contributed by atoms with Crippen LogP contribution in [0.5, 0.6) is 0 Å². The highest BCUT2D eigenvalue weighted by atomic mass is 16.2. The van der Waals surface area contributed by atoms with Crippen LogP contribution < -0.4 is 5.32 Å². The molecule has 4 heterocycles. The van der Waals surface area contributed by atoms with Crippen LogP contribution in [0, 0.1) is 5.92 Å². The number of rotatable bonds is 4. The molecule has 3 aliphatic heterocycles. The van der Waals surface area contributed by atoms with E-state index in [2.05, 4.69) is 15.2 Å². The zero-order valence-electron chi connectivity index (χ0n) is 17.3. The summed E-state index contributed by atoms with van der Waals surface area (Å²) in [6.07, 6.45) is 8.08. The summed E-state index contributed by atoms with van der Waals surface area (Å²) in [6, 6.07) is 6.48. The van der Waals surface area contributed by atoms with Gasteiger partial charge in [-0.3, -0.25) is 14.7 Å². The third-order valence-electron chi connectivity index (χ3n) is 6.62. The van der Waals surface area contributed by atoms with Gasteiger partial charge in [-0.05, 0) is 57.2 Å². The Balaban J connectivity index is 1.23. The molecule has 4 rings (SSSR count). The van der Waals surface area contributed by atoms with Crippen molar-refractivity contribution in [1.29, 1.82) is 0 Å². The monoisotopic (exact) mass is 399 g/mol. The molecule has 0 spiro atoms. The Hall–Kier alpha value is -2.15. The van der Waals surface area contributed by atoms with Crippen molar-refractivity contribution >= 4 is 11.9 Å². The molecule has 7 nitrogen and oxygen atoms in total. The van der Waals surface area contributed by atoms with Crippen molar-refractivity contribution < 1.29 is 9.59 Å². The van der Waals surface area contributed by atoms with Crippen LogP contribution in [0.2, 0.25) is 0 Å². The van der Waals surface area contributed by atoms with Crippen LogP contribution in [0.3, 0.4) is 0 Å². The maximum atomic E-state index is 12.7. The normalized spacial score (nSPS) is 23.9. The number of hydrogen-bond acceptors (Lipinski definition) is 4. The summed E-state index contributed by atoms with van der Waals surface area (Å²) in [4.78, 5) is 36.1. The van der Waals surface area contributed by atoms with Crippen molar-refractivity contribution in [2.45, 2.75) is 51.1 Å². The number of nitrogens with one attached hydrogen (secondary N) is 1. The fourth-order valence-corrected chi connectivity index (χ4v) is 4.91. The van der Waals surface area contributed by atoms with Crippen molar-refractivity contribution in [2.75, 3.05) is 39.3 Å². The molecule has 1 atom stereocenters. The lowest BCUT2D eigenvalue weighted by Gasteiger charge is -2.42. The molecule has 0 radical (unpaired) electrons. The lowest BCUT2D eigenvalue weighted by molar-refractivity contribution is -0.127. The van der Waals surface area contributed by atoms with Crippen LogP contribution in [0.15, 0.2) is 24.4 Å². The molecular formula is C22H33N5O2. The average Bonchev–Trinajstić information content (AvgIpc) is 3.33. The standard InChI is InChI=1S/C22H33N5O2/c28-21(24-16-19-7-1-2-10-23-19)18-6-5-13-27(17-18)20-8-14-26(15-9-20)22(29)25-11-3-4-12-25/h1-2,7,10,18,20H,3-6,8-9,11-17H2,(H,24,28). The van der Waals surface area contributed by atoms with Gasteiger partial charge in [-0.25, -0.2) is 4.79 Å². The van der Waals surface area contributed by atoms with Crippen LogP contribution >= 0.6 is 0 Å². The molecule has 0 bridgehead atoms. The molecule has 1 unspecified atom stereocenters. The van der Waals surface area contributed by atoms with Crippen molar-refractivity contribution in [3.05, 3.63) is 30.1 Å². The summed E-state index contributed by atoms with van der Waals surface area (Å²) >= 11 is 0. The van der Waals surface area contributed by atoms with E-state index in [0.29, 0.717) is 12.6 Å². The quantitative estimate of drug-likeness (QED) is 0.842. The van der Waals surface area contributed by atoms with E-state index in [1.807, 2.05) is 28.0 Å². The lowest BCUT2D eigenvalue weighted by Crippen LogP contribution is -2.53. The first-order valence-corrected chi connectivity index (χ1v) is 11.2. The van der Waals surface area contributed by atoms with E-state index in [1.165, 1.54) is 0 Å².